The number of unbranched alkanes of at least 4 members (excludes halogenated alkanes) is 2. The molecule has 0 aromatic heterocycles. The third-order valence-electron chi connectivity index (χ3n) is 7.02. The maximum atomic E-state index is 12.9. The van der Waals surface area contributed by atoms with E-state index in [4.69, 9.17) is 18.9 Å². The highest BCUT2D eigenvalue weighted by Crippen LogP contribution is 2.42. The highest BCUT2D eigenvalue weighted by molar-refractivity contribution is 5.69. The SMILES string of the molecule is CCCCC[C@H](C[C@@H](OC(=O)CCCOC)C1(Cc2ccc(O)c(OC)c2)CCNCC1)OC(C)=O. The first kappa shape index (κ1) is 29.9. The number of piperidine rings is 1. The maximum Gasteiger partial charge on any atom is 0.306 e. The number of carbonyl (C=O) groups is 2. The highest BCUT2D eigenvalue weighted by Gasteiger charge is 2.44. The van der Waals surface area contributed by atoms with E-state index in [0.717, 1.165) is 57.2 Å². The molecular formula is C28H45NO7. The monoisotopic (exact) mass is 507 g/mol. The smallest absolute Gasteiger partial charge is 0.306 e. The van der Waals surface area contributed by atoms with Gasteiger partial charge >= 0.3 is 11.9 Å². The predicted molar refractivity (Wildman–Crippen MR) is 138 cm³/mol. The minimum absolute atomic E-state index is 0.0904. The second-order valence-corrected chi connectivity index (χ2v) is 9.83. The summed E-state index contributed by atoms with van der Waals surface area (Å²) in [7, 11) is 3.15. The Morgan fingerprint density at radius 2 is 1.86 bits per heavy atom. The molecule has 2 N–H and O–H groups in total. The molecule has 0 unspecified atom stereocenters. The van der Waals surface area contributed by atoms with Crippen LogP contribution in [0.4, 0.5) is 0 Å². The Bertz CT molecular complexity index is 807. The summed E-state index contributed by atoms with van der Waals surface area (Å²) in [6, 6.07) is 5.38. The molecule has 0 amide bonds. The number of phenols is 1. The largest absolute Gasteiger partial charge is 0.504 e. The van der Waals surface area contributed by atoms with Gasteiger partial charge in [-0.25, -0.2) is 0 Å². The summed E-state index contributed by atoms with van der Waals surface area (Å²) < 4.78 is 22.4. The van der Waals surface area contributed by atoms with Crippen LogP contribution in [0.1, 0.15) is 77.2 Å². The zero-order chi connectivity index (χ0) is 26.4. The van der Waals surface area contributed by atoms with Crippen molar-refractivity contribution in [3.63, 3.8) is 0 Å². The summed E-state index contributed by atoms with van der Waals surface area (Å²) in [6.45, 7) is 5.68. The minimum atomic E-state index is -0.416. The summed E-state index contributed by atoms with van der Waals surface area (Å²) in [4.78, 5) is 24.8. The highest BCUT2D eigenvalue weighted by atomic mass is 16.6. The van der Waals surface area contributed by atoms with Crippen LogP contribution < -0.4 is 10.1 Å². The first-order chi connectivity index (χ1) is 17.3. The fourth-order valence-electron chi connectivity index (χ4n) is 5.10. The van der Waals surface area contributed by atoms with Gasteiger partial charge in [-0.2, -0.15) is 0 Å². The molecule has 0 bridgehead atoms. The van der Waals surface area contributed by atoms with E-state index in [1.807, 2.05) is 12.1 Å². The number of phenolic OH excluding ortho intramolecular Hbond substituents is 1. The van der Waals surface area contributed by atoms with Gasteiger partial charge < -0.3 is 29.4 Å². The first-order valence-corrected chi connectivity index (χ1v) is 13.3. The van der Waals surface area contributed by atoms with Crippen LogP contribution in [0, 0.1) is 5.41 Å². The molecule has 0 aliphatic carbocycles. The number of ether oxygens (including phenoxy) is 4. The molecule has 2 rings (SSSR count). The third kappa shape index (κ3) is 9.62. The van der Waals surface area contributed by atoms with Crippen molar-refractivity contribution in [2.75, 3.05) is 33.9 Å². The third-order valence-corrected chi connectivity index (χ3v) is 7.02. The Labute approximate surface area is 216 Å². The molecule has 1 aromatic rings. The summed E-state index contributed by atoms with van der Waals surface area (Å²) in [5.41, 5.74) is 0.662. The number of rotatable bonds is 16. The molecule has 1 heterocycles. The van der Waals surface area contributed by atoms with Crippen LogP contribution in [-0.2, 0) is 30.2 Å². The summed E-state index contributed by atoms with van der Waals surface area (Å²) in [6.07, 6.45) is 6.71. The standard InChI is InChI=1S/C28H45NO7/c1-5-6-7-9-23(35-21(2)30)19-26(36-27(32)10-8-17-33-3)28(13-15-29-16-14-28)20-22-11-12-24(31)25(18-22)34-4/h11-12,18,23,26,29,31H,5-10,13-17,19-20H2,1-4H3/t23-,26-/m1/s1. The molecule has 1 aliphatic rings. The van der Waals surface area contributed by atoms with Crippen molar-refractivity contribution in [2.24, 2.45) is 5.41 Å². The molecule has 0 spiro atoms. The minimum Gasteiger partial charge on any atom is -0.504 e. The summed E-state index contributed by atoms with van der Waals surface area (Å²) in [5, 5.41) is 13.5. The quantitative estimate of drug-likeness (QED) is 0.248. The van der Waals surface area contributed by atoms with Crippen LogP contribution in [0.5, 0.6) is 11.5 Å². The van der Waals surface area contributed by atoms with E-state index >= 15 is 0 Å². The lowest BCUT2D eigenvalue weighted by Crippen LogP contribution is -2.49. The van der Waals surface area contributed by atoms with Crippen molar-refractivity contribution < 1.29 is 33.6 Å². The molecule has 8 heteroatoms. The summed E-state index contributed by atoms with van der Waals surface area (Å²) >= 11 is 0. The Balaban J connectivity index is 2.36. The van der Waals surface area contributed by atoms with Gasteiger partial charge in [0.25, 0.3) is 0 Å². The first-order valence-electron chi connectivity index (χ1n) is 13.3. The lowest BCUT2D eigenvalue weighted by molar-refractivity contribution is -0.165. The number of aromatic hydroxyl groups is 1. The van der Waals surface area contributed by atoms with E-state index in [1.165, 1.54) is 14.0 Å². The van der Waals surface area contributed by atoms with E-state index in [2.05, 4.69) is 12.2 Å². The van der Waals surface area contributed by atoms with Crippen LogP contribution in [0.25, 0.3) is 0 Å². The average Bonchev–Trinajstić information content (AvgIpc) is 2.85. The molecule has 0 radical (unpaired) electrons. The zero-order valence-electron chi connectivity index (χ0n) is 22.5. The Morgan fingerprint density at radius 3 is 2.50 bits per heavy atom. The fraction of sp³-hybridized carbons (Fsp3) is 0.714. The number of methoxy groups -OCH3 is 2. The maximum absolute atomic E-state index is 12.9. The fourth-order valence-corrected chi connectivity index (χ4v) is 5.10. The number of benzene rings is 1. The van der Waals surface area contributed by atoms with Crippen LogP contribution in [-0.4, -0.2) is 63.2 Å². The zero-order valence-corrected chi connectivity index (χ0v) is 22.5. The molecule has 36 heavy (non-hydrogen) atoms. The Morgan fingerprint density at radius 1 is 1.11 bits per heavy atom. The normalized spacial score (nSPS) is 16.7. The van der Waals surface area contributed by atoms with Crippen LogP contribution >= 0.6 is 0 Å². The van der Waals surface area contributed by atoms with Crippen molar-refractivity contribution >= 4 is 11.9 Å². The van der Waals surface area contributed by atoms with E-state index < -0.39 is 6.10 Å². The van der Waals surface area contributed by atoms with E-state index in [1.54, 1.807) is 13.2 Å². The molecule has 0 saturated carbocycles. The number of hydrogen-bond acceptors (Lipinski definition) is 8. The second-order valence-electron chi connectivity index (χ2n) is 9.83. The Kier molecular flexibility index (Phi) is 13.1. The van der Waals surface area contributed by atoms with Crippen molar-refractivity contribution in [1.82, 2.24) is 5.32 Å². The lowest BCUT2D eigenvalue weighted by Gasteiger charge is -2.44. The van der Waals surface area contributed by atoms with Gasteiger partial charge in [-0.3, -0.25) is 9.59 Å². The van der Waals surface area contributed by atoms with Crippen LogP contribution in [0.15, 0.2) is 18.2 Å². The topological polar surface area (TPSA) is 103 Å². The average molecular weight is 508 g/mol. The molecule has 1 aliphatic heterocycles. The second kappa shape index (κ2) is 15.7. The predicted octanol–water partition coefficient (Wildman–Crippen LogP) is 4.55. The van der Waals surface area contributed by atoms with Crippen molar-refractivity contribution in [3.05, 3.63) is 23.8 Å². The molecule has 1 fully saturated rings. The number of esters is 2. The Hall–Kier alpha value is -2.32. The van der Waals surface area contributed by atoms with Gasteiger partial charge in [0.2, 0.25) is 0 Å². The number of hydrogen-bond donors (Lipinski definition) is 2. The summed E-state index contributed by atoms with van der Waals surface area (Å²) in [5.74, 6) is -0.0627. The van der Waals surface area contributed by atoms with Crippen molar-refractivity contribution in [2.45, 2.75) is 90.3 Å². The van der Waals surface area contributed by atoms with Gasteiger partial charge in [0, 0.05) is 38.9 Å². The van der Waals surface area contributed by atoms with E-state index in [9.17, 15) is 14.7 Å². The molecule has 8 nitrogen and oxygen atoms in total. The lowest BCUT2D eigenvalue weighted by atomic mass is 9.68. The van der Waals surface area contributed by atoms with Crippen molar-refractivity contribution in [3.8, 4) is 11.5 Å². The van der Waals surface area contributed by atoms with E-state index in [0.29, 0.717) is 31.6 Å². The number of carbonyl (C=O) groups excluding carboxylic acids is 2. The van der Waals surface area contributed by atoms with Crippen molar-refractivity contribution in [1.29, 1.82) is 0 Å². The van der Waals surface area contributed by atoms with Gasteiger partial charge in [0.05, 0.1) is 7.11 Å². The van der Waals surface area contributed by atoms with Gasteiger partial charge in [-0.1, -0.05) is 25.8 Å². The van der Waals surface area contributed by atoms with Crippen LogP contribution in [0.2, 0.25) is 0 Å². The van der Waals surface area contributed by atoms with Gasteiger partial charge in [-0.15, -0.1) is 0 Å². The molecule has 2 atom stereocenters. The molecule has 1 saturated heterocycles. The van der Waals surface area contributed by atoms with Gasteiger partial charge in [0.1, 0.15) is 12.2 Å². The molecule has 204 valence electrons. The van der Waals surface area contributed by atoms with Crippen LogP contribution in [0.3, 0.4) is 0 Å². The van der Waals surface area contributed by atoms with Gasteiger partial charge in [0.15, 0.2) is 11.5 Å². The van der Waals surface area contributed by atoms with E-state index in [-0.39, 0.29) is 35.6 Å². The van der Waals surface area contributed by atoms with Gasteiger partial charge in [-0.05, 0) is 69.3 Å². The number of nitrogens with one attached hydrogen (secondary N) is 1. The molecule has 1 aromatic carbocycles. The molecular weight excluding hydrogens is 462 g/mol.